The van der Waals surface area contributed by atoms with Crippen molar-refractivity contribution in [3.05, 3.63) is 59.9 Å². The fourth-order valence-electron chi connectivity index (χ4n) is 10.1. The number of carbonyl (C=O) groups is 7. The van der Waals surface area contributed by atoms with E-state index in [0.29, 0.717) is 74.5 Å². The number of H-pyrrole nitrogens is 2. The molecule has 0 radical (unpaired) electrons. The van der Waals surface area contributed by atoms with Crippen LogP contribution in [0.1, 0.15) is 99.0 Å². The van der Waals surface area contributed by atoms with Crippen LogP contribution < -0.4 is 20.1 Å². The average Bonchev–Trinajstić information content (AvgIpc) is 4.19. The van der Waals surface area contributed by atoms with E-state index in [0.717, 1.165) is 41.1 Å². The van der Waals surface area contributed by atoms with Gasteiger partial charge in [0.1, 0.15) is 58.6 Å². The molecule has 0 unspecified atom stereocenters. The van der Waals surface area contributed by atoms with E-state index in [9.17, 15) is 38.8 Å². The SMILES string of the molecule is COC(=O)[C@H](C[C@@H]1CCCC1=O)NC(=O)[C@@H]1C[C@@H](C)CN1C(=O)c1cc2c(OC)cccc2[nH]1.COc1cccc2[nH]c(C(=O)N3C[C@H](C)C[C@H]3C(=O)N[C@H](C#N)C[C@@H]3CCCC3=O)cc12. The van der Waals surface area contributed by atoms with Gasteiger partial charge in [0, 0.05) is 59.6 Å². The summed E-state index contributed by atoms with van der Waals surface area (Å²) in [5.41, 5.74) is 2.31. The number of ether oxygens (including phenoxy) is 3. The van der Waals surface area contributed by atoms with Gasteiger partial charge >= 0.3 is 5.97 Å². The Bertz CT molecular complexity index is 2540. The maximum absolute atomic E-state index is 13.4. The number of nitrogens with one attached hydrogen (secondary N) is 4. The lowest BCUT2D eigenvalue weighted by Crippen LogP contribution is -2.51. The van der Waals surface area contributed by atoms with Gasteiger partial charge in [-0.15, -0.1) is 0 Å². The van der Waals surface area contributed by atoms with Gasteiger partial charge in [-0.3, -0.25) is 28.8 Å². The largest absolute Gasteiger partial charge is 0.496 e. The Morgan fingerprint density at radius 2 is 1.20 bits per heavy atom. The van der Waals surface area contributed by atoms with Gasteiger partial charge in [-0.1, -0.05) is 26.0 Å². The van der Waals surface area contributed by atoms with Gasteiger partial charge in [-0.25, -0.2) is 4.79 Å². The molecule has 2 saturated carbocycles. The summed E-state index contributed by atoms with van der Waals surface area (Å²) < 4.78 is 15.6. The number of methoxy groups -OCH3 is 3. The van der Waals surface area contributed by atoms with Gasteiger partial charge in [-0.2, -0.15) is 5.26 Å². The lowest BCUT2D eigenvalue weighted by Gasteiger charge is -2.26. The number of aromatic amines is 2. The molecule has 0 bridgehead atoms. The van der Waals surface area contributed by atoms with Crippen molar-refractivity contribution in [2.24, 2.45) is 23.7 Å². The van der Waals surface area contributed by atoms with Crippen LogP contribution in [0.25, 0.3) is 21.8 Å². The predicted octanol–water partition coefficient (Wildman–Crippen LogP) is 5.24. The molecule has 2 aliphatic carbocycles. The summed E-state index contributed by atoms with van der Waals surface area (Å²) in [5.74, 6) is -0.427. The van der Waals surface area contributed by atoms with Crippen molar-refractivity contribution in [2.45, 2.75) is 102 Å². The van der Waals surface area contributed by atoms with Crippen LogP contribution in [0.4, 0.5) is 0 Å². The van der Waals surface area contributed by atoms with Crippen molar-refractivity contribution in [3.8, 4) is 17.6 Å². The van der Waals surface area contributed by atoms with Gasteiger partial charge in [0.2, 0.25) is 11.8 Å². The minimum absolute atomic E-state index is 0.115. The molecule has 350 valence electrons. The number of rotatable bonds is 13. The molecule has 2 aliphatic heterocycles. The number of amides is 4. The summed E-state index contributed by atoms with van der Waals surface area (Å²) in [6.45, 7) is 4.87. The summed E-state index contributed by atoms with van der Waals surface area (Å²) in [5, 5.41) is 16.7. The summed E-state index contributed by atoms with van der Waals surface area (Å²) in [4.78, 5) is 98.9. The third-order valence-corrected chi connectivity index (χ3v) is 13.5. The van der Waals surface area contributed by atoms with E-state index in [1.54, 1.807) is 36.2 Å². The monoisotopic (exact) mass is 905 g/mol. The number of aromatic nitrogens is 2. The molecule has 17 nitrogen and oxygen atoms in total. The number of Topliss-reactive ketones (excluding diaryl/α,β-unsaturated/α-hetero) is 2. The zero-order chi connectivity index (χ0) is 47.2. The number of ketones is 2. The van der Waals surface area contributed by atoms with Crippen molar-refractivity contribution in [1.82, 2.24) is 30.4 Å². The minimum atomic E-state index is -0.922. The van der Waals surface area contributed by atoms with Crippen LogP contribution in [-0.4, -0.2) is 120 Å². The molecule has 4 aliphatic rings. The number of esters is 1. The second-order valence-corrected chi connectivity index (χ2v) is 18.2. The predicted molar refractivity (Wildman–Crippen MR) is 242 cm³/mol. The molecule has 2 saturated heterocycles. The van der Waals surface area contributed by atoms with E-state index in [-0.39, 0.29) is 59.4 Å². The topological polar surface area (TPSA) is 233 Å². The second kappa shape index (κ2) is 20.6. The van der Waals surface area contributed by atoms with Gasteiger partial charge in [0.05, 0.1) is 27.4 Å². The summed E-state index contributed by atoms with van der Waals surface area (Å²) in [7, 11) is 4.41. The van der Waals surface area contributed by atoms with Crippen LogP contribution in [0.3, 0.4) is 0 Å². The third-order valence-electron chi connectivity index (χ3n) is 13.5. The lowest BCUT2D eigenvalue weighted by atomic mass is 9.97. The van der Waals surface area contributed by atoms with Crippen LogP contribution in [0.5, 0.6) is 11.5 Å². The molecule has 4 amide bonds. The fraction of sp³-hybridized carbons (Fsp3) is 0.510. The van der Waals surface area contributed by atoms with Gasteiger partial charge in [0.15, 0.2) is 0 Å². The molecule has 8 rings (SSSR count). The Morgan fingerprint density at radius 3 is 1.62 bits per heavy atom. The Kier molecular flexibility index (Phi) is 14.8. The zero-order valence-corrected chi connectivity index (χ0v) is 38.1. The quantitative estimate of drug-likeness (QED) is 0.127. The number of fused-ring (bicyclic) bond motifs is 2. The maximum atomic E-state index is 13.4. The van der Waals surface area contributed by atoms with Crippen molar-refractivity contribution in [1.29, 1.82) is 5.26 Å². The Hall–Kier alpha value is -6.70. The molecule has 4 N–H and O–H groups in total. The molecule has 2 aromatic heterocycles. The van der Waals surface area contributed by atoms with E-state index in [1.165, 1.54) is 7.11 Å². The van der Waals surface area contributed by atoms with Crippen molar-refractivity contribution in [3.63, 3.8) is 0 Å². The highest BCUT2D eigenvalue weighted by atomic mass is 16.5. The zero-order valence-electron chi connectivity index (χ0n) is 38.1. The highest BCUT2D eigenvalue weighted by Gasteiger charge is 2.42. The van der Waals surface area contributed by atoms with E-state index in [1.807, 2.05) is 50.2 Å². The summed E-state index contributed by atoms with van der Waals surface area (Å²) in [6.07, 6.45) is 5.72. The van der Waals surface area contributed by atoms with Crippen molar-refractivity contribution in [2.75, 3.05) is 34.4 Å². The number of carbonyl (C=O) groups excluding carboxylic acids is 7. The fourth-order valence-corrected chi connectivity index (χ4v) is 10.1. The molecule has 0 spiro atoms. The molecular formula is C49H59N7O10. The first-order valence-electron chi connectivity index (χ1n) is 22.8. The molecule has 66 heavy (non-hydrogen) atoms. The highest BCUT2D eigenvalue weighted by Crippen LogP contribution is 2.33. The van der Waals surface area contributed by atoms with Crippen LogP contribution in [0.15, 0.2) is 48.5 Å². The number of hydrogen-bond donors (Lipinski definition) is 4. The lowest BCUT2D eigenvalue weighted by molar-refractivity contribution is -0.146. The van der Waals surface area contributed by atoms with Crippen LogP contribution >= 0.6 is 0 Å². The van der Waals surface area contributed by atoms with E-state index in [2.05, 4.69) is 26.7 Å². The highest BCUT2D eigenvalue weighted by molar-refractivity contribution is 6.03. The molecule has 17 heteroatoms. The molecule has 4 fully saturated rings. The molecule has 8 atom stereocenters. The minimum Gasteiger partial charge on any atom is -0.496 e. The van der Waals surface area contributed by atoms with Gasteiger partial charge in [0.25, 0.3) is 11.8 Å². The normalized spacial score (nSPS) is 23.5. The molecular weight excluding hydrogens is 847 g/mol. The van der Waals surface area contributed by atoms with Crippen molar-refractivity contribution < 1.29 is 47.8 Å². The third kappa shape index (κ3) is 10.2. The standard InChI is InChI=1S/C25H31N3O6.C24H28N4O4/c1-14-10-20(23(30)27-19(25(32)34-3)11-15-6-4-8-21(15)29)28(13-14)24(31)18-12-16-17(26-18)7-5-9-22(16)33-2;1-14-9-20(23(30)26-16(12-25)10-15-5-3-7-21(15)29)28(13-14)24(31)19-11-17-18(27-19)6-4-8-22(17)32-2/h5,7,9,12,14-15,19-20,26H,4,6,8,10-11,13H2,1-3H3,(H,27,30);4,6,8,11,14-16,20,27H,3,5,7,9-10,13H2,1-2H3,(H,26,30)/t14-,15+,19+,20+;14-,15+,16+,20+/m11/s1. The van der Waals surface area contributed by atoms with E-state index < -0.39 is 36.0 Å². The number of benzene rings is 2. The van der Waals surface area contributed by atoms with E-state index in [4.69, 9.17) is 14.2 Å². The molecule has 2 aromatic carbocycles. The summed E-state index contributed by atoms with van der Waals surface area (Å²) >= 11 is 0. The second-order valence-electron chi connectivity index (χ2n) is 18.2. The van der Waals surface area contributed by atoms with Gasteiger partial charge < -0.3 is 44.6 Å². The van der Waals surface area contributed by atoms with Crippen LogP contribution in [-0.2, 0) is 28.7 Å². The first-order chi connectivity index (χ1) is 31.7. The number of likely N-dealkylation sites (tertiary alicyclic amines) is 2. The van der Waals surface area contributed by atoms with Gasteiger partial charge in [-0.05, 0) is 99.6 Å². The average molecular weight is 906 g/mol. The Morgan fingerprint density at radius 1 is 0.727 bits per heavy atom. The van der Waals surface area contributed by atoms with Crippen molar-refractivity contribution >= 4 is 63.0 Å². The maximum Gasteiger partial charge on any atom is 0.328 e. The number of nitriles is 1. The first-order valence-corrected chi connectivity index (χ1v) is 22.8. The first kappa shape index (κ1) is 47.3. The Labute approximate surface area is 383 Å². The summed E-state index contributed by atoms with van der Waals surface area (Å²) in [6, 6.07) is 13.6. The molecule has 4 aromatic rings. The van der Waals surface area contributed by atoms with Crippen LogP contribution in [0.2, 0.25) is 0 Å². The number of nitrogens with zero attached hydrogens (tertiary/aromatic N) is 3. The number of hydrogen-bond acceptors (Lipinski definition) is 11. The molecule has 4 heterocycles. The van der Waals surface area contributed by atoms with E-state index >= 15 is 0 Å². The van der Waals surface area contributed by atoms with Crippen LogP contribution in [0, 0.1) is 35.0 Å². The Balaban J connectivity index is 0.000000197. The smallest absolute Gasteiger partial charge is 0.328 e.